The highest BCUT2D eigenvalue weighted by molar-refractivity contribution is 6.21. The minimum Gasteiger partial charge on any atom is -0.247 e. The van der Waals surface area contributed by atoms with E-state index in [1.807, 2.05) is 0 Å². The Balaban J connectivity index is 1.63. The number of nitrogens with zero attached hydrogens (tertiary/aromatic N) is 1. The second kappa shape index (κ2) is 7.54. The van der Waals surface area contributed by atoms with Crippen LogP contribution >= 0.6 is 0 Å². The lowest BCUT2D eigenvalue weighted by Gasteiger charge is -2.17. The van der Waals surface area contributed by atoms with E-state index >= 15 is 0 Å². The molecule has 0 unspecified atom stereocenters. The minimum absolute atomic E-state index is 1.01. The van der Waals surface area contributed by atoms with Gasteiger partial charge in [0, 0.05) is 16.3 Å². The second-order valence-corrected chi connectivity index (χ2v) is 8.76. The van der Waals surface area contributed by atoms with E-state index < -0.39 is 0 Å². The maximum absolute atomic E-state index is 5.28. The average Bonchev–Trinajstić information content (AvgIpc) is 2.92. The Morgan fingerprint density at radius 2 is 0.853 bits per heavy atom. The second-order valence-electron chi connectivity index (χ2n) is 8.76. The molecular weight excluding hydrogens is 410 g/mol. The van der Waals surface area contributed by atoms with Crippen LogP contribution < -0.4 is 0 Å². The van der Waals surface area contributed by atoms with E-state index in [0.717, 1.165) is 16.6 Å². The molecule has 0 bridgehead atoms. The third-order valence-electron chi connectivity index (χ3n) is 6.83. The summed E-state index contributed by atoms with van der Waals surface area (Å²) in [6, 6.07) is 45.4. The first-order chi connectivity index (χ1) is 16.9. The molecule has 0 radical (unpaired) electrons. The zero-order valence-corrected chi connectivity index (χ0v) is 18.6. The minimum atomic E-state index is 1.01. The molecule has 0 spiro atoms. The zero-order valence-electron chi connectivity index (χ0n) is 18.6. The first kappa shape index (κ1) is 19.0. The Bertz CT molecular complexity index is 1790. The summed E-state index contributed by atoms with van der Waals surface area (Å²) in [7, 11) is 0. The van der Waals surface area contributed by atoms with E-state index in [4.69, 9.17) is 4.98 Å². The highest BCUT2D eigenvalue weighted by atomic mass is 14.7. The van der Waals surface area contributed by atoms with Crippen molar-refractivity contribution < 1.29 is 0 Å². The monoisotopic (exact) mass is 431 g/mol. The Kier molecular flexibility index (Phi) is 4.22. The van der Waals surface area contributed by atoms with Gasteiger partial charge < -0.3 is 0 Å². The highest BCUT2D eigenvalue weighted by Crippen LogP contribution is 2.43. The van der Waals surface area contributed by atoms with Gasteiger partial charge in [-0.25, -0.2) is 4.98 Å². The Labute approximate surface area is 197 Å². The molecule has 7 aromatic rings. The lowest BCUT2D eigenvalue weighted by Crippen LogP contribution is -1.93. The molecular formula is C33H21N. The van der Waals surface area contributed by atoms with Gasteiger partial charge in [-0.05, 0) is 44.1 Å². The van der Waals surface area contributed by atoms with Crippen LogP contribution in [0.25, 0.3) is 65.6 Å². The Morgan fingerprint density at radius 1 is 0.353 bits per heavy atom. The van der Waals surface area contributed by atoms with Gasteiger partial charge >= 0.3 is 0 Å². The van der Waals surface area contributed by atoms with Crippen LogP contribution in [-0.4, -0.2) is 4.98 Å². The fourth-order valence-corrected chi connectivity index (χ4v) is 5.32. The van der Waals surface area contributed by atoms with Gasteiger partial charge in [0.15, 0.2) is 0 Å². The number of rotatable bonds is 2. The predicted octanol–water partition coefficient (Wildman–Crippen LogP) is 9.03. The molecule has 1 aromatic heterocycles. The van der Waals surface area contributed by atoms with Crippen LogP contribution in [0.4, 0.5) is 0 Å². The van der Waals surface area contributed by atoms with E-state index in [0.29, 0.717) is 0 Å². The fourth-order valence-electron chi connectivity index (χ4n) is 5.32. The van der Waals surface area contributed by atoms with Crippen molar-refractivity contribution in [1.29, 1.82) is 0 Å². The van der Waals surface area contributed by atoms with Crippen LogP contribution in [0.2, 0.25) is 0 Å². The van der Waals surface area contributed by atoms with Crippen LogP contribution in [0.5, 0.6) is 0 Å². The van der Waals surface area contributed by atoms with Gasteiger partial charge in [0.05, 0.1) is 11.2 Å². The number of hydrogen-bond acceptors (Lipinski definition) is 1. The summed E-state index contributed by atoms with van der Waals surface area (Å²) in [5, 5.41) is 8.53. The molecule has 0 aliphatic carbocycles. The average molecular weight is 432 g/mol. The molecule has 0 atom stereocenters. The highest BCUT2D eigenvalue weighted by Gasteiger charge is 2.17. The molecule has 7 rings (SSSR count). The molecule has 6 aromatic carbocycles. The Morgan fingerprint density at radius 3 is 1.53 bits per heavy atom. The van der Waals surface area contributed by atoms with Gasteiger partial charge in [-0.2, -0.15) is 0 Å². The molecule has 158 valence electrons. The number of aromatic nitrogens is 1. The summed E-state index contributed by atoms with van der Waals surface area (Å²) in [4.78, 5) is 5.28. The molecule has 1 heteroatoms. The van der Waals surface area contributed by atoms with E-state index in [2.05, 4.69) is 127 Å². The van der Waals surface area contributed by atoms with Crippen molar-refractivity contribution in [2.45, 2.75) is 0 Å². The molecule has 0 aliphatic heterocycles. The summed E-state index contributed by atoms with van der Waals surface area (Å²) in [5.41, 5.74) is 5.77. The van der Waals surface area contributed by atoms with Gasteiger partial charge in [0.2, 0.25) is 0 Å². The molecule has 1 heterocycles. The Hall–Kier alpha value is -4.49. The van der Waals surface area contributed by atoms with Gasteiger partial charge in [-0.3, -0.25) is 0 Å². The van der Waals surface area contributed by atoms with Crippen molar-refractivity contribution in [2.24, 2.45) is 0 Å². The summed E-state index contributed by atoms with van der Waals surface area (Å²) in [5.74, 6) is 0. The summed E-state index contributed by atoms with van der Waals surface area (Å²) in [6.45, 7) is 0. The molecule has 0 aliphatic rings. The number of fused-ring (bicyclic) bond motifs is 5. The van der Waals surface area contributed by atoms with Gasteiger partial charge in [-0.15, -0.1) is 0 Å². The normalized spacial score (nSPS) is 11.5. The molecule has 0 saturated carbocycles. The topological polar surface area (TPSA) is 12.9 Å². The largest absolute Gasteiger partial charge is 0.247 e. The van der Waals surface area contributed by atoms with Crippen LogP contribution in [0, 0.1) is 0 Å². The van der Waals surface area contributed by atoms with Gasteiger partial charge in [0.25, 0.3) is 0 Å². The van der Waals surface area contributed by atoms with E-state index in [1.54, 1.807) is 0 Å². The van der Waals surface area contributed by atoms with Crippen LogP contribution in [0.15, 0.2) is 127 Å². The van der Waals surface area contributed by atoms with E-state index in [1.165, 1.54) is 49.0 Å². The van der Waals surface area contributed by atoms with Gasteiger partial charge in [0.1, 0.15) is 0 Å². The van der Waals surface area contributed by atoms with E-state index in [-0.39, 0.29) is 0 Å². The number of hydrogen-bond donors (Lipinski definition) is 0. The van der Waals surface area contributed by atoms with Crippen molar-refractivity contribution >= 4 is 43.2 Å². The number of benzene rings is 6. The SMILES string of the molecule is c1ccc(-c2c3ccccc3c(-c3ccc4ccc5ccccc5c4n3)c3ccccc23)cc1. The standard InChI is InChI=1S/C33H21N/c1-2-11-23(12-3-1)31-26-14-6-8-16-28(26)32(29-17-9-7-15-27(29)31)30-21-20-24-19-18-22-10-4-5-13-25(22)33(24)34-30/h1-21H. The number of pyridine rings is 1. The third kappa shape index (κ3) is 2.84. The van der Waals surface area contributed by atoms with Crippen molar-refractivity contribution in [3.05, 3.63) is 127 Å². The zero-order chi connectivity index (χ0) is 22.5. The summed E-state index contributed by atoms with van der Waals surface area (Å²) in [6.07, 6.45) is 0. The third-order valence-corrected chi connectivity index (χ3v) is 6.83. The molecule has 34 heavy (non-hydrogen) atoms. The maximum Gasteiger partial charge on any atom is 0.0787 e. The van der Waals surface area contributed by atoms with Crippen molar-refractivity contribution in [3.63, 3.8) is 0 Å². The lowest BCUT2D eigenvalue weighted by molar-refractivity contribution is 1.43. The van der Waals surface area contributed by atoms with Crippen molar-refractivity contribution in [2.75, 3.05) is 0 Å². The van der Waals surface area contributed by atoms with Crippen molar-refractivity contribution in [3.8, 4) is 22.4 Å². The lowest BCUT2D eigenvalue weighted by atomic mass is 9.87. The van der Waals surface area contributed by atoms with Crippen LogP contribution in [0.1, 0.15) is 0 Å². The van der Waals surface area contributed by atoms with Crippen LogP contribution in [-0.2, 0) is 0 Å². The molecule has 1 nitrogen and oxygen atoms in total. The molecule has 0 N–H and O–H groups in total. The summed E-state index contributed by atoms with van der Waals surface area (Å²) < 4.78 is 0. The predicted molar refractivity (Wildman–Crippen MR) is 145 cm³/mol. The summed E-state index contributed by atoms with van der Waals surface area (Å²) >= 11 is 0. The maximum atomic E-state index is 5.28. The smallest absolute Gasteiger partial charge is 0.0787 e. The molecule has 0 fully saturated rings. The fraction of sp³-hybridized carbons (Fsp3) is 0. The first-order valence-electron chi connectivity index (χ1n) is 11.7. The quantitative estimate of drug-likeness (QED) is 0.196. The van der Waals surface area contributed by atoms with Gasteiger partial charge in [-0.1, -0.05) is 121 Å². The first-order valence-corrected chi connectivity index (χ1v) is 11.7. The van der Waals surface area contributed by atoms with Crippen molar-refractivity contribution in [1.82, 2.24) is 4.98 Å². The molecule has 0 saturated heterocycles. The van der Waals surface area contributed by atoms with Crippen LogP contribution in [0.3, 0.4) is 0 Å². The molecule has 0 amide bonds. The van der Waals surface area contributed by atoms with E-state index in [9.17, 15) is 0 Å².